The van der Waals surface area contributed by atoms with Gasteiger partial charge in [0.2, 0.25) is 5.95 Å². The zero-order valence-corrected chi connectivity index (χ0v) is 20.0. The van der Waals surface area contributed by atoms with Crippen LogP contribution in [0.3, 0.4) is 0 Å². The van der Waals surface area contributed by atoms with Crippen molar-refractivity contribution in [1.29, 1.82) is 0 Å². The number of hydrogen-bond acceptors (Lipinski definition) is 9. The van der Waals surface area contributed by atoms with Crippen molar-refractivity contribution >= 4 is 34.0 Å². The van der Waals surface area contributed by atoms with Crippen LogP contribution in [0.25, 0.3) is 10.9 Å². The van der Waals surface area contributed by atoms with Gasteiger partial charge in [-0.3, -0.25) is 4.98 Å². The Morgan fingerprint density at radius 3 is 2.56 bits per heavy atom. The Kier molecular flexibility index (Phi) is 6.47. The van der Waals surface area contributed by atoms with Crippen LogP contribution in [-0.4, -0.2) is 58.2 Å². The summed E-state index contributed by atoms with van der Waals surface area (Å²) in [4.78, 5) is 19.4. The van der Waals surface area contributed by atoms with Crippen LogP contribution in [0.1, 0.15) is 15.7 Å². The van der Waals surface area contributed by atoms with Gasteiger partial charge >= 0.3 is 0 Å². The summed E-state index contributed by atoms with van der Waals surface area (Å²) in [5.74, 6) is 0.346. The first-order chi connectivity index (χ1) is 17.4. The second kappa shape index (κ2) is 9.86. The smallest absolute Gasteiger partial charge is 0.257 e. The van der Waals surface area contributed by atoms with E-state index in [-0.39, 0.29) is 14.5 Å². The van der Waals surface area contributed by atoms with Gasteiger partial charge in [-0.05, 0) is 32.3 Å². The van der Waals surface area contributed by atoms with Gasteiger partial charge in [-0.1, -0.05) is 0 Å². The highest BCUT2D eigenvalue weighted by atomic mass is 19.1. The number of aromatic nitrogens is 4. The number of hydrogen-bond donors (Lipinski definition) is 2. The monoisotopic (exact) mass is 497 g/mol. The molecule has 0 amide bonds. The van der Waals surface area contributed by atoms with E-state index in [1.54, 1.807) is 37.7 Å². The molecule has 3 aromatic heterocycles. The largest absolute Gasteiger partial charge is 0.491 e. The van der Waals surface area contributed by atoms with Crippen LogP contribution in [0.4, 0.5) is 31.9 Å². The van der Waals surface area contributed by atoms with Crippen LogP contribution >= 0.6 is 0 Å². The summed E-state index contributed by atoms with van der Waals surface area (Å²) in [6.45, 7) is 0. The van der Waals surface area contributed by atoms with Gasteiger partial charge in [-0.25, -0.2) is 18.7 Å². The number of ether oxygens (including phenoxy) is 2. The number of nitrogens with zero attached hydrogens (tertiary/aromatic N) is 5. The molecule has 0 unspecified atom stereocenters. The van der Waals surface area contributed by atoms with Crippen LogP contribution in [-0.2, 0) is 0 Å². The molecule has 36 heavy (non-hydrogen) atoms. The SMILES string of the molecule is COc1cc(Nc2nccc(Nc3cnc4c(F)cc(F)cc4c3)n2)cnc1OC1CC(N(C)C)C1.[HH].[HH]. The summed E-state index contributed by atoms with van der Waals surface area (Å²) in [5.41, 5.74) is 1.24. The van der Waals surface area contributed by atoms with E-state index in [9.17, 15) is 8.78 Å². The van der Waals surface area contributed by atoms with E-state index in [1.165, 1.54) is 12.3 Å². The standard InChI is InChI=1S/C25H25F2N7O2.2H2/c1-34(2)18-10-19(11-18)36-24-21(35-3)9-17(13-30-24)32-25-28-5-4-22(33-25)31-16-7-14-6-15(26)8-20(27)23(14)29-12-16;;/h4-9,12-13,18-19H,10-11H2,1-3H3,(H2,28,31,32,33);2*1H. The second-order valence-electron chi connectivity index (χ2n) is 8.76. The van der Waals surface area contributed by atoms with Crippen molar-refractivity contribution in [3.63, 3.8) is 0 Å². The quantitative estimate of drug-likeness (QED) is 0.342. The fourth-order valence-electron chi connectivity index (χ4n) is 3.95. The Bertz CT molecular complexity index is 1410. The molecule has 9 nitrogen and oxygen atoms in total. The minimum atomic E-state index is -0.712. The fourth-order valence-corrected chi connectivity index (χ4v) is 3.95. The van der Waals surface area contributed by atoms with E-state index >= 15 is 0 Å². The average Bonchev–Trinajstić information content (AvgIpc) is 2.81. The van der Waals surface area contributed by atoms with E-state index in [0.29, 0.717) is 46.2 Å². The minimum Gasteiger partial charge on any atom is -0.491 e. The van der Waals surface area contributed by atoms with Crippen molar-refractivity contribution < 1.29 is 21.1 Å². The van der Waals surface area contributed by atoms with E-state index in [4.69, 9.17) is 9.47 Å². The lowest BCUT2D eigenvalue weighted by Gasteiger charge is -2.39. The highest BCUT2D eigenvalue weighted by molar-refractivity contribution is 5.83. The van der Waals surface area contributed by atoms with Crippen LogP contribution in [0.15, 0.2) is 48.9 Å². The molecule has 2 N–H and O–H groups in total. The molecule has 1 saturated carbocycles. The summed E-state index contributed by atoms with van der Waals surface area (Å²) in [6.07, 6.45) is 6.66. The van der Waals surface area contributed by atoms with Gasteiger partial charge in [-0.15, -0.1) is 0 Å². The zero-order chi connectivity index (χ0) is 25.2. The molecule has 3 heterocycles. The van der Waals surface area contributed by atoms with Crippen molar-refractivity contribution in [2.75, 3.05) is 31.8 Å². The molecule has 0 atom stereocenters. The summed E-state index contributed by atoms with van der Waals surface area (Å²) < 4.78 is 39.0. The molecule has 190 valence electrons. The topological polar surface area (TPSA) is 97.3 Å². The van der Waals surface area contributed by atoms with Gasteiger partial charge in [-0.2, -0.15) is 4.98 Å². The van der Waals surface area contributed by atoms with Gasteiger partial charge in [0.05, 0.1) is 30.9 Å². The maximum absolute atomic E-state index is 13.9. The van der Waals surface area contributed by atoms with Crippen LogP contribution in [0.5, 0.6) is 11.6 Å². The fraction of sp³-hybridized carbons (Fsp3) is 0.280. The Morgan fingerprint density at radius 2 is 1.78 bits per heavy atom. The molecule has 1 fully saturated rings. The molecule has 0 saturated heterocycles. The van der Waals surface area contributed by atoms with Crippen molar-refractivity contribution in [2.24, 2.45) is 0 Å². The number of nitrogens with one attached hydrogen (secondary N) is 2. The average molecular weight is 498 g/mol. The molecular formula is C25H29F2N7O2. The predicted molar refractivity (Wildman–Crippen MR) is 136 cm³/mol. The summed E-state index contributed by atoms with van der Waals surface area (Å²) in [5, 5.41) is 6.51. The van der Waals surface area contributed by atoms with E-state index < -0.39 is 11.6 Å². The van der Waals surface area contributed by atoms with E-state index in [0.717, 1.165) is 18.9 Å². The van der Waals surface area contributed by atoms with E-state index in [1.807, 2.05) is 0 Å². The second-order valence-corrected chi connectivity index (χ2v) is 8.76. The summed E-state index contributed by atoms with van der Waals surface area (Å²) >= 11 is 0. The molecule has 0 aliphatic heterocycles. The first kappa shape index (κ1) is 23.6. The highest BCUT2D eigenvalue weighted by Crippen LogP contribution is 2.34. The Labute approximate surface area is 209 Å². The number of anilines is 4. The maximum Gasteiger partial charge on any atom is 0.257 e. The normalized spacial score (nSPS) is 17.1. The van der Waals surface area contributed by atoms with Gasteiger partial charge < -0.3 is 25.0 Å². The Hall–Kier alpha value is -4.12. The lowest BCUT2D eigenvalue weighted by Crippen LogP contribution is -2.46. The molecule has 0 radical (unpaired) electrons. The van der Waals surface area contributed by atoms with Crippen LogP contribution in [0.2, 0.25) is 0 Å². The number of fused-ring (bicyclic) bond motifs is 1. The number of methoxy groups -OCH3 is 1. The number of rotatable bonds is 8. The summed E-state index contributed by atoms with van der Waals surface area (Å²) in [7, 11) is 5.69. The third-order valence-corrected chi connectivity index (χ3v) is 6.00. The van der Waals surface area contributed by atoms with Crippen LogP contribution < -0.4 is 20.1 Å². The molecule has 5 rings (SSSR count). The Morgan fingerprint density at radius 1 is 1.00 bits per heavy atom. The molecule has 4 aromatic rings. The zero-order valence-electron chi connectivity index (χ0n) is 20.0. The highest BCUT2D eigenvalue weighted by Gasteiger charge is 2.33. The third kappa shape index (κ3) is 5.10. The maximum atomic E-state index is 13.9. The van der Waals surface area contributed by atoms with Crippen molar-refractivity contribution in [3.05, 3.63) is 60.6 Å². The number of pyridine rings is 2. The number of benzene rings is 1. The summed E-state index contributed by atoms with van der Waals surface area (Å²) in [6, 6.07) is 7.58. The molecule has 1 aromatic carbocycles. The van der Waals surface area contributed by atoms with Crippen LogP contribution in [0, 0.1) is 11.6 Å². The lowest BCUT2D eigenvalue weighted by molar-refractivity contribution is 0.0351. The van der Waals surface area contributed by atoms with Gasteiger partial charge in [0.1, 0.15) is 23.3 Å². The van der Waals surface area contributed by atoms with Crippen molar-refractivity contribution in [1.82, 2.24) is 24.8 Å². The predicted octanol–water partition coefficient (Wildman–Crippen LogP) is 5.16. The first-order valence-electron chi connectivity index (χ1n) is 11.4. The number of halogens is 2. The van der Waals surface area contributed by atoms with Gasteiger partial charge in [0.15, 0.2) is 11.6 Å². The minimum absolute atomic E-state index is 0. The molecule has 11 heteroatoms. The van der Waals surface area contributed by atoms with Gasteiger partial charge in [0, 0.05) is 45.5 Å². The Balaban J connectivity index is 0.00000200. The lowest BCUT2D eigenvalue weighted by atomic mass is 9.88. The van der Waals surface area contributed by atoms with E-state index in [2.05, 4.69) is 49.6 Å². The molecule has 1 aliphatic rings. The van der Waals surface area contributed by atoms with Gasteiger partial charge in [0.25, 0.3) is 5.88 Å². The van der Waals surface area contributed by atoms with Crippen molar-refractivity contribution in [2.45, 2.75) is 25.0 Å². The van der Waals surface area contributed by atoms with Crippen molar-refractivity contribution in [3.8, 4) is 11.6 Å². The molecule has 0 bridgehead atoms. The molecule has 1 aliphatic carbocycles. The first-order valence-corrected chi connectivity index (χ1v) is 11.4. The molecule has 0 spiro atoms. The third-order valence-electron chi connectivity index (χ3n) is 6.00. The molecular weight excluding hydrogens is 468 g/mol.